The molecule has 0 aliphatic heterocycles. The Kier molecular flexibility index (Phi) is 8.18. The number of pyridine rings is 1. The lowest BCUT2D eigenvalue weighted by Gasteiger charge is -2.24. The van der Waals surface area contributed by atoms with E-state index in [1.54, 1.807) is 14.2 Å². The van der Waals surface area contributed by atoms with E-state index in [4.69, 9.17) is 9.47 Å². The van der Waals surface area contributed by atoms with E-state index in [-0.39, 0.29) is 0 Å². The van der Waals surface area contributed by atoms with Crippen molar-refractivity contribution in [3.63, 3.8) is 0 Å². The molecular weight excluding hydrogens is 256 g/mol. The van der Waals surface area contributed by atoms with Gasteiger partial charge in [-0.15, -0.1) is 0 Å². The van der Waals surface area contributed by atoms with Crippen LogP contribution in [0.3, 0.4) is 0 Å². The summed E-state index contributed by atoms with van der Waals surface area (Å²) in [6, 6.07) is 3.89. The van der Waals surface area contributed by atoms with Crippen molar-refractivity contribution in [3.05, 3.63) is 24.0 Å². The van der Waals surface area contributed by atoms with Gasteiger partial charge < -0.3 is 19.5 Å². The first-order valence-corrected chi connectivity index (χ1v) is 7.09. The fourth-order valence-corrected chi connectivity index (χ4v) is 1.96. The number of aliphatic hydroxyl groups excluding tert-OH is 1. The molecule has 0 saturated carbocycles. The first kappa shape index (κ1) is 16.9. The molecule has 20 heavy (non-hydrogen) atoms. The first-order chi connectivity index (χ1) is 9.72. The minimum absolute atomic E-state index is 0.482. The van der Waals surface area contributed by atoms with Crippen LogP contribution in [0.1, 0.15) is 31.6 Å². The van der Waals surface area contributed by atoms with E-state index >= 15 is 0 Å². The molecule has 0 saturated heterocycles. The molecule has 1 aromatic rings. The van der Waals surface area contributed by atoms with E-state index in [1.807, 2.05) is 25.3 Å². The number of nitrogens with zero attached hydrogens (tertiary/aromatic N) is 2. The molecule has 0 aromatic carbocycles. The minimum Gasteiger partial charge on any atom is -0.387 e. The van der Waals surface area contributed by atoms with Gasteiger partial charge in [0.25, 0.3) is 0 Å². The van der Waals surface area contributed by atoms with Crippen LogP contribution in [0.2, 0.25) is 0 Å². The van der Waals surface area contributed by atoms with E-state index in [0.717, 1.165) is 37.5 Å². The zero-order valence-electron chi connectivity index (χ0n) is 12.7. The number of anilines is 1. The van der Waals surface area contributed by atoms with Gasteiger partial charge in [0.2, 0.25) is 0 Å². The smallest absolute Gasteiger partial charge is 0.0957 e. The molecule has 5 nitrogen and oxygen atoms in total. The van der Waals surface area contributed by atoms with Gasteiger partial charge in [0.05, 0.1) is 30.3 Å². The molecule has 0 unspecified atom stereocenters. The summed E-state index contributed by atoms with van der Waals surface area (Å²) in [7, 11) is 3.41. The molecule has 0 amide bonds. The van der Waals surface area contributed by atoms with Crippen molar-refractivity contribution in [3.8, 4) is 0 Å². The lowest BCUT2D eigenvalue weighted by atomic mass is 10.2. The Morgan fingerprint density at radius 3 is 2.50 bits per heavy atom. The van der Waals surface area contributed by atoms with Crippen molar-refractivity contribution in [1.82, 2.24) is 4.98 Å². The standard InChI is InChI=1S/C15H26N2O3/c1-4-15(18)14-7-6-13(12-16-14)17(9-11-20-3)8-5-10-19-2/h6-7,12,15,18H,4-5,8-11H2,1-3H3/t15-/m0/s1. The third kappa shape index (κ3) is 5.45. The summed E-state index contributed by atoms with van der Waals surface area (Å²) >= 11 is 0. The van der Waals surface area contributed by atoms with Crippen LogP contribution >= 0.6 is 0 Å². The number of hydrogen-bond donors (Lipinski definition) is 1. The third-order valence-corrected chi connectivity index (χ3v) is 3.21. The Morgan fingerprint density at radius 2 is 1.95 bits per heavy atom. The summed E-state index contributed by atoms with van der Waals surface area (Å²) in [5.74, 6) is 0. The summed E-state index contributed by atoms with van der Waals surface area (Å²) in [6.07, 6.45) is 2.97. The average Bonchev–Trinajstić information content (AvgIpc) is 2.50. The van der Waals surface area contributed by atoms with Crippen LogP contribution in [0.25, 0.3) is 0 Å². The molecule has 0 fully saturated rings. The van der Waals surface area contributed by atoms with Crippen molar-refractivity contribution < 1.29 is 14.6 Å². The highest BCUT2D eigenvalue weighted by atomic mass is 16.5. The summed E-state index contributed by atoms with van der Waals surface area (Å²) < 4.78 is 10.2. The molecule has 1 atom stereocenters. The maximum Gasteiger partial charge on any atom is 0.0957 e. The van der Waals surface area contributed by atoms with Crippen LogP contribution in [-0.2, 0) is 9.47 Å². The highest BCUT2D eigenvalue weighted by molar-refractivity contribution is 5.44. The average molecular weight is 282 g/mol. The van der Waals surface area contributed by atoms with E-state index in [2.05, 4.69) is 9.88 Å². The normalized spacial score (nSPS) is 12.4. The van der Waals surface area contributed by atoms with E-state index in [0.29, 0.717) is 13.0 Å². The molecule has 1 N–H and O–H groups in total. The van der Waals surface area contributed by atoms with E-state index in [1.165, 1.54) is 0 Å². The van der Waals surface area contributed by atoms with Crippen LogP contribution < -0.4 is 4.90 Å². The van der Waals surface area contributed by atoms with Crippen molar-refractivity contribution in [1.29, 1.82) is 0 Å². The Hall–Kier alpha value is -1.17. The summed E-state index contributed by atoms with van der Waals surface area (Å²) in [5, 5.41) is 9.76. The van der Waals surface area contributed by atoms with Crippen LogP contribution in [0.4, 0.5) is 5.69 Å². The summed E-state index contributed by atoms with van der Waals surface area (Å²) in [5.41, 5.74) is 1.77. The summed E-state index contributed by atoms with van der Waals surface area (Å²) in [6.45, 7) is 5.07. The number of methoxy groups -OCH3 is 2. The Labute approximate surface area is 121 Å². The molecule has 1 rings (SSSR count). The van der Waals surface area contributed by atoms with Crippen LogP contribution in [0.15, 0.2) is 18.3 Å². The molecule has 1 aromatic heterocycles. The maximum absolute atomic E-state index is 9.76. The van der Waals surface area contributed by atoms with Gasteiger partial charge in [0.15, 0.2) is 0 Å². The number of ether oxygens (including phenoxy) is 2. The van der Waals surface area contributed by atoms with Crippen molar-refractivity contribution in [2.24, 2.45) is 0 Å². The molecule has 0 aliphatic carbocycles. The first-order valence-electron chi connectivity index (χ1n) is 7.09. The number of hydrogen-bond acceptors (Lipinski definition) is 5. The molecular formula is C15H26N2O3. The van der Waals surface area contributed by atoms with Crippen LogP contribution in [0.5, 0.6) is 0 Å². The molecule has 5 heteroatoms. The van der Waals surface area contributed by atoms with Crippen LogP contribution in [0, 0.1) is 0 Å². The Bertz CT molecular complexity index is 357. The second kappa shape index (κ2) is 9.69. The highest BCUT2D eigenvalue weighted by Gasteiger charge is 2.09. The van der Waals surface area contributed by atoms with Gasteiger partial charge in [0.1, 0.15) is 0 Å². The SMILES string of the molecule is CC[C@H](O)c1ccc(N(CCCOC)CCOC)cn1. The lowest BCUT2D eigenvalue weighted by Crippen LogP contribution is -2.29. The topological polar surface area (TPSA) is 54.8 Å². The molecule has 0 bridgehead atoms. The van der Waals surface area contributed by atoms with Crippen LogP contribution in [-0.4, -0.2) is 50.6 Å². The predicted octanol–water partition coefficient (Wildman–Crippen LogP) is 2.01. The van der Waals surface area contributed by atoms with Gasteiger partial charge in [0, 0.05) is 33.9 Å². The Morgan fingerprint density at radius 1 is 1.20 bits per heavy atom. The fourth-order valence-electron chi connectivity index (χ4n) is 1.96. The minimum atomic E-state index is -0.482. The third-order valence-electron chi connectivity index (χ3n) is 3.21. The second-order valence-electron chi connectivity index (χ2n) is 4.69. The van der Waals surface area contributed by atoms with Gasteiger partial charge >= 0.3 is 0 Å². The zero-order chi connectivity index (χ0) is 14.8. The van der Waals surface area contributed by atoms with Gasteiger partial charge in [-0.2, -0.15) is 0 Å². The van der Waals surface area contributed by atoms with Gasteiger partial charge in [-0.1, -0.05) is 6.92 Å². The van der Waals surface area contributed by atoms with Gasteiger partial charge in [-0.3, -0.25) is 4.98 Å². The number of aromatic nitrogens is 1. The quantitative estimate of drug-likeness (QED) is 0.665. The monoisotopic (exact) mass is 282 g/mol. The highest BCUT2D eigenvalue weighted by Crippen LogP contribution is 2.18. The number of aliphatic hydroxyl groups is 1. The largest absolute Gasteiger partial charge is 0.387 e. The molecule has 0 aliphatic rings. The zero-order valence-corrected chi connectivity index (χ0v) is 12.7. The van der Waals surface area contributed by atoms with E-state index in [9.17, 15) is 5.11 Å². The summed E-state index contributed by atoms with van der Waals surface area (Å²) in [4.78, 5) is 6.56. The molecule has 0 spiro atoms. The second-order valence-corrected chi connectivity index (χ2v) is 4.69. The van der Waals surface area contributed by atoms with Gasteiger partial charge in [-0.25, -0.2) is 0 Å². The van der Waals surface area contributed by atoms with Gasteiger partial charge in [-0.05, 0) is 25.0 Å². The molecule has 1 heterocycles. The Balaban J connectivity index is 2.68. The maximum atomic E-state index is 9.76. The lowest BCUT2D eigenvalue weighted by molar-refractivity contribution is 0.169. The van der Waals surface area contributed by atoms with Crippen molar-refractivity contribution >= 4 is 5.69 Å². The molecule has 114 valence electrons. The van der Waals surface area contributed by atoms with E-state index < -0.39 is 6.10 Å². The fraction of sp³-hybridized carbons (Fsp3) is 0.667. The molecule has 0 radical (unpaired) electrons. The van der Waals surface area contributed by atoms with Crippen molar-refractivity contribution in [2.75, 3.05) is 45.4 Å². The predicted molar refractivity (Wildman–Crippen MR) is 80.1 cm³/mol. The van der Waals surface area contributed by atoms with Crippen molar-refractivity contribution in [2.45, 2.75) is 25.9 Å². The number of rotatable bonds is 10.